The second-order valence-electron chi connectivity index (χ2n) is 7.03. The summed E-state index contributed by atoms with van der Waals surface area (Å²) < 4.78 is 4.25. The number of hydrogen-bond donors (Lipinski definition) is 1. The molecule has 0 amide bonds. The monoisotopic (exact) mass is 315 g/mol. The van der Waals surface area contributed by atoms with Crippen LogP contribution in [0.5, 0.6) is 0 Å². The summed E-state index contributed by atoms with van der Waals surface area (Å²) in [5.74, 6) is 1.55. The van der Waals surface area contributed by atoms with Crippen LogP contribution in [0.3, 0.4) is 0 Å². The van der Waals surface area contributed by atoms with Crippen LogP contribution in [0.4, 0.5) is 0 Å². The molecule has 2 aromatic rings. The second kappa shape index (κ2) is 5.46. The minimum atomic E-state index is -0.374. The highest BCUT2D eigenvalue weighted by Crippen LogP contribution is 2.40. The van der Waals surface area contributed by atoms with E-state index in [9.17, 15) is 5.11 Å². The molecule has 1 fully saturated rings. The Morgan fingerprint density at radius 1 is 1.30 bits per heavy atom. The molecule has 6 nitrogen and oxygen atoms in total. The number of rotatable bonds is 4. The lowest BCUT2D eigenvalue weighted by Crippen LogP contribution is -2.34. The Labute approximate surface area is 136 Å². The number of aliphatic hydroxyl groups is 1. The molecule has 124 valence electrons. The van der Waals surface area contributed by atoms with E-state index in [1.54, 1.807) is 0 Å². The first kappa shape index (κ1) is 14.9. The molecule has 2 aromatic heterocycles. The molecule has 23 heavy (non-hydrogen) atoms. The Kier molecular flexibility index (Phi) is 3.54. The zero-order valence-electron chi connectivity index (χ0n) is 14.2. The third kappa shape index (κ3) is 2.70. The van der Waals surface area contributed by atoms with E-state index in [1.165, 1.54) is 11.4 Å². The van der Waals surface area contributed by atoms with E-state index in [0.717, 1.165) is 56.2 Å². The van der Waals surface area contributed by atoms with Gasteiger partial charge in [0.05, 0.1) is 30.2 Å². The van der Waals surface area contributed by atoms with Crippen molar-refractivity contribution in [3.8, 4) is 0 Å². The lowest BCUT2D eigenvalue weighted by molar-refractivity contribution is 0.147. The molecule has 1 atom stereocenters. The van der Waals surface area contributed by atoms with Crippen molar-refractivity contribution >= 4 is 0 Å². The fourth-order valence-electron chi connectivity index (χ4n) is 3.40. The number of imidazole rings is 1. The first-order chi connectivity index (χ1) is 11.0. The van der Waals surface area contributed by atoms with Crippen molar-refractivity contribution in [3.05, 3.63) is 34.7 Å². The van der Waals surface area contributed by atoms with Crippen molar-refractivity contribution in [2.75, 3.05) is 6.54 Å². The molecule has 0 radical (unpaired) electrons. The predicted octanol–water partition coefficient (Wildman–Crippen LogP) is 1.69. The molecular weight excluding hydrogens is 290 g/mol. The molecule has 1 unspecified atom stereocenters. The molecule has 2 aliphatic rings. The molecular formula is C17H25N5O. The third-order valence-corrected chi connectivity index (χ3v) is 5.34. The van der Waals surface area contributed by atoms with Crippen LogP contribution < -0.4 is 0 Å². The first-order valence-corrected chi connectivity index (χ1v) is 8.48. The Bertz CT molecular complexity index is 728. The molecule has 0 spiro atoms. The molecule has 1 saturated carbocycles. The highest BCUT2D eigenvalue weighted by atomic mass is 16.3. The molecule has 6 heteroatoms. The Morgan fingerprint density at radius 2 is 2.09 bits per heavy atom. The number of nitrogens with zero attached hydrogens (tertiary/aromatic N) is 5. The summed E-state index contributed by atoms with van der Waals surface area (Å²) in [5.41, 5.74) is 4.40. The van der Waals surface area contributed by atoms with Gasteiger partial charge in [0, 0.05) is 25.8 Å². The maximum Gasteiger partial charge on any atom is 0.123 e. The highest BCUT2D eigenvalue weighted by molar-refractivity contribution is 5.17. The third-order valence-electron chi connectivity index (χ3n) is 5.34. The van der Waals surface area contributed by atoms with E-state index in [4.69, 9.17) is 0 Å². The lowest BCUT2D eigenvalue weighted by atomic mass is 10.1. The Hall–Kier alpha value is -1.66. The van der Waals surface area contributed by atoms with E-state index >= 15 is 0 Å². The van der Waals surface area contributed by atoms with Crippen LogP contribution in [0, 0.1) is 19.8 Å². The summed E-state index contributed by atoms with van der Waals surface area (Å²) in [7, 11) is 2.09. The SMILES string of the molecule is Cc1nc(CN2CCn3nc(C(O)C4CC4)cc3C2)n(C)c1C. The van der Waals surface area contributed by atoms with E-state index in [0.29, 0.717) is 5.92 Å². The van der Waals surface area contributed by atoms with Gasteiger partial charge >= 0.3 is 0 Å². The van der Waals surface area contributed by atoms with Gasteiger partial charge in [0.2, 0.25) is 0 Å². The van der Waals surface area contributed by atoms with Crippen molar-refractivity contribution in [1.29, 1.82) is 0 Å². The van der Waals surface area contributed by atoms with Gasteiger partial charge in [-0.15, -0.1) is 0 Å². The number of aryl methyl sites for hydroxylation is 1. The second-order valence-corrected chi connectivity index (χ2v) is 7.03. The van der Waals surface area contributed by atoms with Crippen molar-refractivity contribution in [2.24, 2.45) is 13.0 Å². The molecule has 1 aliphatic carbocycles. The summed E-state index contributed by atoms with van der Waals surface area (Å²) in [6, 6.07) is 2.09. The molecule has 1 N–H and O–H groups in total. The Morgan fingerprint density at radius 3 is 2.74 bits per heavy atom. The fraction of sp³-hybridized carbons (Fsp3) is 0.647. The molecule has 0 bridgehead atoms. The number of aromatic nitrogens is 4. The molecule has 3 heterocycles. The van der Waals surface area contributed by atoms with Crippen LogP contribution in [-0.2, 0) is 26.7 Å². The lowest BCUT2D eigenvalue weighted by Gasteiger charge is -2.27. The molecule has 0 aromatic carbocycles. The minimum absolute atomic E-state index is 0.374. The maximum atomic E-state index is 10.3. The summed E-state index contributed by atoms with van der Waals surface area (Å²) in [6.45, 7) is 7.76. The number of fused-ring (bicyclic) bond motifs is 1. The van der Waals surface area contributed by atoms with Gasteiger partial charge in [-0.3, -0.25) is 9.58 Å². The molecule has 4 rings (SSSR count). The topological polar surface area (TPSA) is 59.1 Å². The van der Waals surface area contributed by atoms with Gasteiger partial charge in [-0.05, 0) is 38.7 Å². The summed E-state index contributed by atoms with van der Waals surface area (Å²) in [5, 5.41) is 14.9. The van der Waals surface area contributed by atoms with Crippen LogP contribution in [0.15, 0.2) is 6.07 Å². The predicted molar refractivity (Wildman–Crippen MR) is 86.7 cm³/mol. The van der Waals surface area contributed by atoms with Gasteiger partial charge < -0.3 is 9.67 Å². The van der Waals surface area contributed by atoms with Crippen LogP contribution in [0.2, 0.25) is 0 Å². The van der Waals surface area contributed by atoms with Gasteiger partial charge in [0.25, 0.3) is 0 Å². The summed E-state index contributed by atoms with van der Waals surface area (Å²) in [6.07, 6.45) is 1.89. The van der Waals surface area contributed by atoms with Crippen molar-refractivity contribution in [3.63, 3.8) is 0 Å². The van der Waals surface area contributed by atoms with Crippen molar-refractivity contribution in [1.82, 2.24) is 24.2 Å². The van der Waals surface area contributed by atoms with E-state index < -0.39 is 0 Å². The van der Waals surface area contributed by atoms with Gasteiger partial charge in [0.15, 0.2) is 0 Å². The molecule has 1 aliphatic heterocycles. The van der Waals surface area contributed by atoms with Crippen LogP contribution in [-0.4, -0.2) is 35.9 Å². The summed E-state index contributed by atoms with van der Waals surface area (Å²) in [4.78, 5) is 7.09. The van der Waals surface area contributed by atoms with Crippen LogP contribution in [0.1, 0.15) is 47.5 Å². The first-order valence-electron chi connectivity index (χ1n) is 8.48. The fourth-order valence-corrected chi connectivity index (χ4v) is 3.40. The zero-order chi connectivity index (χ0) is 16.1. The van der Waals surface area contributed by atoms with Gasteiger partial charge in [-0.25, -0.2) is 4.98 Å². The van der Waals surface area contributed by atoms with E-state index in [1.807, 2.05) is 0 Å². The number of aliphatic hydroxyl groups excluding tert-OH is 1. The standard InChI is InChI=1S/C17H25N5O/c1-11-12(2)20(3)16(18-11)10-21-6-7-22-14(9-21)8-15(19-22)17(23)13-4-5-13/h8,13,17,23H,4-7,9-10H2,1-3H3. The van der Waals surface area contributed by atoms with Crippen molar-refractivity contribution in [2.45, 2.75) is 52.4 Å². The quantitative estimate of drug-likeness (QED) is 0.933. The largest absolute Gasteiger partial charge is 0.386 e. The van der Waals surface area contributed by atoms with E-state index in [-0.39, 0.29) is 6.10 Å². The minimum Gasteiger partial charge on any atom is -0.386 e. The highest BCUT2D eigenvalue weighted by Gasteiger charge is 2.33. The number of hydrogen-bond acceptors (Lipinski definition) is 4. The smallest absolute Gasteiger partial charge is 0.123 e. The zero-order valence-corrected chi connectivity index (χ0v) is 14.2. The molecule has 0 saturated heterocycles. The Balaban J connectivity index is 1.48. The van der Waals surface area contributed by atoms with Gasteiger partial charge in [-0.2, -0.15) is 5.10 Å². The van der Waals surface area contributed by atoms with E-state index in [2.05, 4.69) is 51.2 Å². The van der Waals surface area contributed by atoms with Crippen molar-refractivity contribution < 1.29 is 5.11 Å². The average molecular weight is 315 g/mol. The summed E-state index contributed by atoms with van der Waals surface area (Å²) >= 11 is 0. The van der Waals surface area contributed by atoms with Crippen LogP contribution >= 0.6 is 0 Å². The maximum absolute atomic E-state index is 10.3. The average Bonchev–Trinajstić information content (AvgIpc) is 3.26. The van der Waals surface area contributed by atoms with Gasteiger partial charge in [-0.1, -0.05) is 0 Å². The van der Waals surface area contributed by atoms with Gasteiger partial charge in [0.1, 0.15) is 11.9 Å². The normalized spacial score (nSPS) is 19.8. The van der Waals surface area contributed by atoms with Crippen LogP contribution in [0.25, 0.3) is 0 Å².